The second kappa shape index (κ2) is 7.14. The Morgan fingerprint density at radius 2 is 1.96 bits per heavy atom. The van der Waals surface area contributed by atoms with Gasteiger partial charge in [-0.3, -0.25) is 19.5 Å². The Balaban J connectivity index is 1.71. The summed E-state index contributed by atoms with van der Waals surface area (Å²) in [4.78, 5) is 14.4. The normalized spacial score (nSPS) is 12.4. The van der Waals surface area contributed by atoms with Gasteiger partial charge in [-0.1, -0.05) is 6.07 Å². The molecule has 4 rings (SSSR count). The van der Waals surface area contributed by atoms with Crippen molar-refractivity contribution in [2.75, 3.05) is 0 Å². The number of hydrogen-bond donors (Lipinski definition) is 0. The quantitative estimate of drug-likeness (QED) is 0.376. The van der Waals surface area contributed by atoms with Crippen molar-refractivity contribution in [3.63, 3.8) is 0 Å². The molecule has 0 amide bonds. The Kier molecular flexibility index (Phi) is 4.52. The zero-order valence-corrected chi connectivity index (χ0v) is 14.4. The zero-order chi connectivity index (χ0) is 19.7. The van der Waals surface area contributed by atoms with Crippen LogP contribution in [-0.4, -0.2) is 29.5 Å². The smallest absolute Gasteiger partial charge is 0.264 e. The Morgan fingerprint density at radius 3 is 2.68 bits per heavy atom. The molecule has 1 unspecified atom stereocenters. The van der Waals surface area contributed by atoms with Gasteiger partial charge in [0.25, 0.3) is 5.69 Å². The minimum atomic E-state index is -0.655. The van der Waals surface area contributed by atoms with Crippen molar-refractivity contribution in [1.82, 2.24) is 24.5 Å². The molecule has 142 valence electrons. The fraction of sp³-hybridized carbons (Fsp3) is 0.167. The summed E-state index contributed by atoms with van der Waals surface area (Å²) in [5.74, 6) is -1.73. The van der Waals surface area contributed by atoms with Crippen LogP contribution in [0.3, 0.4) is 0 Å². The van der Waals surface area contributed by atoms with E-state index in [0.29, 0.717) is 23.0 Å². The molecule has 2 aromatic carbocycles. The highest BCUT2D eigenvalue weighted by atomic mass is 19.1. The standard InChI is InChI=1S/C18H14F2N6O2/c19-14-1-3-16(17(20)6-14)13(8-24-11-21-10-23-24)9-25-18-4-2-15(26(27)28)5-12(18)7-22-25/h1-7,10-11,13H,8-9H2. The largest absolute Gasteiger partial charge is 0.270 e. The lowest BCUT2D eigenvalue weighted by molar-refractivity contribution is -0.384. The summed E-state index contributed by atoms with van der Waals surface area (Å²) in [5.41, 5.74) is 0.968. The molecule has 2 heterocycles. The summed E-state index contributed by atoms with van der Waals surface area (Å²) in [6.07, 6.45) is 4.41. The number of fused-ring (bicyclic) bond motifs is 1. The highest BCUT2D eigenvalue weighted by Crippen LogP contribution is 2.27. The van der Waals surface area contributed by atoms with Crippen molar-refractivity contribution < 1.29 is 13.7 Å². The average molecular weight is 384 g/mol. The van der Waals surface area contributed by atoms with Crippen LogP contribution in [0.4, 0.5) is 14.5 Å². The van der Waals surface area contributed by atoms with Crippen LogP contribution < -0.4 is 0 Å². The van der Waals surface area contributed by atoms with Crippen molar-refractivity contribution in [1.29, 1.82) is 0 Å². The lowest BCUT2D eigenvalue weighted by atomic mass is 9.98. The molecule has 0 spiro atoms. The molecule has 0 N–H and O–H groups in total. The molecule has 4 aromatic rings. The van der Waals surface area contributed by atoms with Crippen LogP contribution in [0.25, 0.3) is 10.9 Å². The maximum Gasteiger partial charge on any atom is 0.270 e. The van der Waals surface area contributed by atoms with E-state index < -0.39 is 22.5 Å². The van der Waals surface area contributed by atoms with Crippen molar-refractivity contribution in [3.05, 3.63) is 82.6 Å². The Morgan fingerprint density at radius 1 is 1.11 bits per heavy atom. The number of nitro benzene ring substituents is 1. The van der Waals surface area contributed by atoms with Gasteiger partial charge in [0.2, 0.25) is 0 Å². The summed E-state index contributed by atoms with van der Waals surface area (Å²) in [6.45, 7) is 0.570. The number of benzene rings is 2. The maximum atomic E-state index is 14.4. The fourth-order valence-corrected chi connectivity index (χ4v) is 3.18. The number of aromatic nitrogens is 5. The van der Waals surface area contributed by atoms with E-state index in [9.17, 15) is 18.9 Å². The van der Waals surface area contributed by atoms with Crippen LogP contribution in [0.2, 0.25) is 0 Å². The molecule has 28 heavy (non-hydrogen) atoms. The van der Waals surface area contributed by atoms with Crippen molar-refractivity contribution >= 4 is 16.6 Å². The minimum absolute atomic E-state index is 0.0317. The first kappa shape index (κ1) is 17.7. The number of nitro groups is 1. The van der Waals surface area contributed by atoms with Gasteiger partial charge in [-0.2, -0.15) is 10.2 Å². The molecule has 2 aromatic heterocycles. The summed E-state index contributed by atoms with van der Waals surface area (Å²) in [5, 5.41) is 19.9. The Bertz CT molecular complexity index is 1140. The van der Waals surface area contributed by atoms with Gasteiger partial charge in [-0.25, -0.2) is 13.8 Å². The summed E-state index contributed by atoms with van der Waals surface area (Å²) < 4.78 is 31.0. The fourth-order valence-electron chi connectivity index (χ4n) is 3.18. The van der Waals surface area contributed by atoms with Gasteiger partial charge in [-0.15, -0.1) is 0 Å². The van der Waals surface area contributed by atoms with Crippen LogP contribution >= 0.6 is 0 Å². The number of non-ortho nitro benzene ring substituents is 1. The molecule has 0 aliphatic rings. The molecule has 0 bridgehead atoms. The van der Waals surface area contributed by atoms with Gasteiger partial charge >= 0.3 is 0 Å². The SMILES string of the molecule is O=[N+]([O-])c1ccc2c(cnn2CC(Cn2cncn2)c2ccc(F)cc2F)c1. The van der Waals surface area contributed by atoms with Gasteiger partial charge in [-0.05, 0) is 17.7 Å². The van der Waals surface area contributed by atoms with E-state index in [2.05, 4.69) is 15.2 Å². The highest BCUT2D eigenvalue weighted by molar-refractivity contribution is 5.81. The molecule has 0 saturated heterocycles. The summed E-state index contributed by atoms with van der Waals surface area (Å²) in [7, 11) is 0. The molecule has 0 radical (unpaired) electrons. The molecular formula is C18H14F2N6O2. The highest BCUT2D eigenvalue weighted by Gasteiger charge is 2.20. The van der Waals surface area contributed by atoms with Crippen molar-refractivity contribution in [3.8, 4) is 0 Å². The van der Waals surface area contributed by atoms with E-state index in [1.54, 1.807) is 15.4 Å². The molecule has 0 fully saturated rings. The monoisotopic (exact) mass is 384 g/mol. The van der Waals surface area contributed by atoms with Gasteiger partial charge < -0.3 is 0 Å². The first-order valence-corrected chi connectivity index (χ1v) is 8.38. The van der Waals surface area contributed by atoms with Crippen LogP contribution in [0, 0.1) is 21.7 Å². The Hall–Kier alpha value is -3.69. The zero-order valence-electron chi connectivity index (χ0n) is 14.4. The van der Waals surface area contributed by atoms with E-state index in [0.717, 1.165) is 6.07 Å². The Labute approximate surface area is 157 Å². The third-order valence-corrected chi connectivity index (χ3v) is 4.51. The topological polar surface area (TPSA) is 91.7 Å². The number of halogens is 2. The third-order valence-electron chi connectivity index (χ3n) is 4.51. The van der Waals surface area contributed by atoms with Gasteiger partial charge in [0.15, 0.2) is 0 Å². The second-order valence-electron chi connectivity index (χ2n) is 6.31. The van der Waals surface area contributed by atoms with Crippen molar-refractivity contribution in [2.24, 2.45) is 0 Å². The lowest BCUT2D eigenvalue weighted by Gasteiger charge is -2.19. The lowest BCUT2D eigenvalue weighted by Crippen LogP contribution is -2.18. The first-order chi connectivity index (χ1) is 13.5. The van der Waals surface area contributed by atoms with Gasteiger partial charge in [0, 0.05) is 29.5 Å². The minimum Gasteiger partial charge on any atom is -0.264 e. The average Bonchev–Trinajstić information content (AvgIpc) is 3.31. The number of nitrogens with zero attached hydrogens (tertiary/aromatic N) is 6. The molecule has 0 aliphatic heterocycles. The van der Waals surface area contributed by atoms with E-state index in [1.165, 1.54) is 43.1 Å². The van der Waals surface area contributed by atoms with Crippen molar-refractivity contribution in [2.45, 2.75) is 19.0 Å². The summed E-state index contributed by atoms with van der Waals surface area (Å²) in [6, 6.07) is 7.89. The van der Waals surface area contributed by atoms with Crippen LogP contribution in [0.15, 0.2) is 55.2 Å². The molecule has 1 atom stereocenters. The van der Waals surface area contributed by atoms with E-state index >= 15 is 0 Å². The summed E-state index contributed by atoms with van der Waals surface area (Å²) >= 11 is 0. The van der Waals surface area contributed by atoms with Crippen LogP contribution in [-0.2, 0) is 13.1 Å². The van der Waals surface area contributed by atoms with E-state index in [4.69, 9.17) is 0 Å². The second-order valence-corrected chi connectivity index (χ2v) is 6.31. The predicted octanol–water partition coefficient (Wildman–Crippen LogP) is 3.30. The predicted molar refractivity (Wildman–Crippen MR) is 95.5 cm³/mol. The third kappa shape index (κ3) is 3.43. The molecule has 0 aliphatic carbocycles. The van der Waals surface area contributed by atoms with Gasteiger partial charge in [0.05, 0.1) is 29.7 Å². The molecular weight excluding hydrogens is 370 g/mol. The van der Waals surface area contributed by atoms with Crippen LogP contribution in [0.5, 0.6) is 0 Å². The van der Waals surface area contributed by atoms with E-state index in [1.807, 2.05) is 0 Å². The maximum absolute atomic E-state index is 14.4. The van der Waals surface area contributed by atoms with Crippen LogP contribution in [0.1, 0.15) is 11.5 Å². The first-order valence-electron chi connectivity index (χ1n) is 8.38. The van der Waals surface area contributed by atoms with Gasteiger partial charge in [0.1, 0.15) is 24.3 Å². The van der Waals surface area contributed by atoms with E-state index in [-0.39, 0.29) is 12.2 Å². The molecule has 0 saturated carbocycles. The molecule has 8 nitrogen and oxygen atoms in total. The molecule has 10 heteroatoms. The number of hydrogen-bond acceptors (Lipinski definition) is 5. The number of rotatable bonds is 6.